The number of hydrogen-bond donors (Lipinski definition) is 1. The van der Waals surface area contributed by atoms with Gasteiger partial charge >= 0.3 is 0 Å². The summed E-state index contributed by atoms with van der Waals surface area (Å²) >= 11 is 0. The van der Waals surface area contributed by atoms with Gasteiger partial charge in [-0.25, -0.2) is 0 Å². The summed E-state index contributed by atoms with van der Waals surface area (Å²) in [6.07, 6.45) is 1.88. The molecule has 0 fully saturated rings. The third-order valence-corrected chi connectivity index (χ3v) is 5.03. The molecule has 1 N–H and O–H groups in total. The van der Waals surface area contributed by atoms with E-state index >= 15 is 0 Å². The maximum absolute atomic E-state index is 12.6. The van der Waals surface area contributed by atoms with Crippen molar-refractivity contribution >= 4 is 23.2 Å². The van der Waals surface area contributed by atoms with Crippen LogP contribution in [0.4, 0.5) is 11.4 Å². The third-order valence-electron chi connectivity index (χ3n) is 5.03. The first-order valence-electron chi connectivity index (χ1n) is 8.52. The summed E-state index contributed by atoms with van der Waals surface area (Å²) in [4.78, 5) is 27.0. The number of carbonyl (C=O) groups is 2. The highest BCUT2D eigenvalue weighted by Gasteiger charge is 2.37. The molecular formula is C20H20N2O3. The number of ether oxygens (including phenoxy) is 1. The van der Waals surface area contributed by atoms with Crippen molar-refractivity contribution in [3.05, 3.63) is 53.1 Å². The topological polar surface area (TPSA) is 58.6 Å². The van der Waals surface area contributed by atoms with E-state index in [1.807, 2.05) is 36.1 Å². The number of amides is 2. The highest BCUT2D eigenvalue weighted by atomic mass is 16.5. The molecule has 0 bridgehead atoms. The van der Waals surface area contributed by atoms with Gasteiger partial charge in [-0.3, -0.25) is 9.59 Å². The van der Waals surface area contributed by atoms with Crippen LogP contribution < -0.4 is 15.0 Å². The monoisotopic (exact) mass is 336 g/mol. The molecule has 5 heteroatoms. The van der Waals surface area contributed by atoms with Crippen LogP contribution in [0.25, 0.3) is 0 Å². The molecule has 2 heterocycles. The van der Waals surface area contributed by atoms with E-state index in [0.29, 0.717) is 11.3 Å². The van der Waals surface area contributed by atoms with Gasteiger partial charge < -0.3 is 15.0 Å². The lowest BCUT2D eigenvalue weighted by Crippen LogP contribution is -2.32. The first-order chi connectivity index (χ1) is 12.1. The van der Waals surface area contributed by atoms with E-state index in [1.54, 1.807) is 19.2 Å². The summed E-state index contributed by atoms with van der Waals surface area (Å²) < 4.78 is 5.27. The number of hydrogen-bond acceptors (Lipinski definition) is 3. The van der Waals surface area contributed by atoms with Gasteiger partial charge in [-0.1, -0.05) is 12.1 Å². The fraction of sp³-hybridized carbons (Fsp3) is 0.300. The van der Waals surface area contributed by atoms with Crippen LogP contribution in [0.3, 0.4) is 0 Å². The molecule has 0 saturated carbocycles. The molecule has 128 valence electrons. The number of carbonyl (C=O) groups excluding carboxylic acids is 2. The van der Waals surface area contributed by atoms with Gasteiger partial charge in [0.1, 0.15) is 5.75 Å². The Kier molecular flexibility index (Phi) is 3.71. The van der Waals surface area contributed by atoms with Crippen LogP contribution >= 0.6 is 0 Å². The largest absolute Gasteiger partial charge is 0.496 e. The molecule has 0 radical (unpaired) electrons. The minimum Gasteiger partial charge on any atom is -0.496 e. The number of nitrogens with one attached hydrogen (secondary N) is 1. The molecule has 2 amide bonds. The van der Waals surface area contributed by atoms with Gasteiger partial charge in [-0.05, 0) is 55.2 Å². The van der Waals surface area contributed by atoms with Crippen molar-refractivity contribution in [2.45, 2.75) is 25.7 Å². The lowest BCUT2D eigenvalue weighted by Gasteiger charge is -2.26. The molecule has 0 aromatic heterocycles. The Balaban J connectivity index is 1.69. The summed E-state index contributed by atoms with van der Waals surface area (Å²) in [5.41, 5.74) is 4.42. The number of benzene rings is 2. The van der Waals surface area contributed by atoms with Gasteiger partial charge in [0.05, 0.1) is 24.3 Å². The van der Waals surface area contributed by atoms with E-state index in [9.17, 15) is 9.59 Å². The minimum atomic E-state index is -0.214. The number of nitrogens with zero attached hydrogens (tertiary/aromatic N) is 1. The van der Waals surface area contributed by atoms with Crippen LogP contribution in [0, 0.1) is 0 Å². The Morgan fingerprint density at radius 2 is 2.08 bits per heavy atom. The highest BCUT2D eigenvalue weighted by molar-refractivity contribution is 6.09. The van der Waals surface area contributed by atoms with Crippen molar-refractivity contribution in [3.8, 4) is 5.75 Å². The van der Waals surface area contributed by atoms with Crippen LogP contribution in [0.2, 0.25) is 0 Å². The molecule has 25 heavy (non-hydrogen) atoms. The first-order valence-corrected chi connectivity index (χ1v) is 8.52. The Morgan fingerprint density at radius 3 is 2.88 bits per heavy atom. The van der Waals surface area contributed by atoms with Crippen molar-refractivity contribution in [2.24, 2.45) is 0 Å². The Bertz CT molecular complexity index is 875. The van der Waals surface area contributed by atoms with Crippen LogP contribution in [0.1, 0.15) is 40.7 Å². The van der Waals surface area contributed by atoms with Crippen molar-refractivity contribution in [3.63, 3.8) is 0 Å². The summed E-state index contributed by atoms with van der Waals surface area (Å²) in [5.74, 6) is 0.325. The standard InChI is InChI=1S/C20H20N2O3/c1-12-16-11-14(10-13-6-5-9-22(18(13)16)20(12)24)21-19(23)15-7-3-4-8-17(15)25-2/h3-4,7-8,10-12H,5-6,9H2,1-2H3,(H,21,23). The molecule has 1 atom stereocenters. The lowest BCUT2D eigenvalue weighted by molar-refractivity contribution is -0.119. The number of aryl methyl sites for hydroxylation is 1. The molecule has 5 nitrogen and oxygen atoms in total. The van der Waals surface area contributed by atoms with Crippen molar-refractivity contribution in [1.29, 1.82) is 0 Å². The summed E-state index contributed by atoms with van der Waals surface area (Å²) in [5, 5.41) is 2.96. The number of rotatable bonds is 3. The second-order valence-electron chi connectivity index (χ2n) is 6.54. The maximum atomic E-state index is 12.6. The fourth-order valence-electron chi connectivity index (χ4n) is 3.80. The smallest absolute Gasteiger partial charge is 0.259 e. The second kappa shape index (κ2) is 5.92. The molecule has 0 aliphatic carbocycles. The third kappa shape index (κ3) is 2.47. The fourth-order valence-corrected chi connectivity index (χ4v) is 3.80. The first kappa shape index (κ1) is 15.7. The average molecular weight is 336 g/mol. The van der Waals surface area contributed by atoms with Crippen LogP contribution in [-0.4, -0.2) is 25.5 Å². The minimum absolute atomic E-state index is 0.157. The zero-order chi connectivity index (χ0) is 17.6. The quantitative estimate of drug-likeness (QED) is 0.935. The van der Waals surface area contributed by atoms with E-state index < -0.39 is 0 Å². The van der Waals surface area contributed by atoms with Crippen LogP contribution in [0.5, 0.6) is 5.75 Å². The normalized spacial score (nSPS) is 18.1. The maximum Gasteiger partial charge on any atom is 0.259 e. The molecule has 0 spiro atoms. The number of anilines is 2. The van der Waals surface area contributed by atoms with Gasteiger partial charge in [0.25, 0.3) is 5.91 Å². The number of para-hydroxylation sites is 1. The lowest BCUT2D eigenvalue weighted by atomic mass is 9.96. The average Bonchev–Trinajstić information content (AvgIpc) is 2.88. The van der Waals surface area contributed by atoms with Crippen LogP contribution in [-0.2, 0) is 11.2 Å². The summed E-state index contributed by atoms with van der Waals surface area (Å²) in [6, 6.07) is 11.1. The predicted octanol–water partition coefficient (Wildman–Crippen LogP) is 3.34. The van der Waals surface area contributed by atoms with Gasteiger partial charge in [0.2, 0.25) is 5.91 Å². The van der Waals surface area contributed by atoms with E-state index in [1.165, 1.54) is 0 Å². The van der Waals surface area contributed by atoms with Gasteiger partial charge in [0, 0.05) is 12.2 Å². The molecule has 2 aromatic carbocycles. The summed E-state index contributed by atoms with van der Waals surface area (Å²) in [6.45, 7) is 2.72. The van der Waals surface area contributed by atoms with E-state index in [0.717, 1.165) is 41.9 Å². The zero-order valence-electron chi connectivity index (χ0n) is 14.3. The molecule has 0 saturated heterocycles. The van der Waals surface area contributed by atoms with E-state index in [4.69, 9.17) is 4.74 Å². The second-order valence-corrected chi connectivity index (χ2v) is 6.54. The summed E-state index contributed by atoms with van der Waals surface area (Å²) in [7, 11) is 1.55. The van der Waals surface area contributed by atoms with Gasteiger partial charge in [-0.15, -0.1) is 0 Å². The predicted molar refractivity (Wildman–Crippen MR) is 96.5 cm³/mol. The van der Waals surface area contributed by atoms with Crippen molar-refractivity contribution in [1.82, 2.24) is 0 Å². The molecule has 2 aromatic rings. The highest BCUT2D eigenvalue weighted by Crippen LogP contribution is 2.44. The Morgan fingerprint density at radius 1 is 1.28 bits per heavy atom. The molecular weight excluding hydrogens is 316 g/mol. The molecule has 1 unspecified atom stereocenters. The van der Waals surface area contributed by atoms with Crippen molar-refractivity contribution < 1.29 is 14.3 Å². The number of methoxy groups -OCH3 is 1. The van der Waals surface area contributed by atoms with Gasteiger partial charge in [-0.2, -0.15) is 0 Å². The van der Waals surface area contributed by atoms with Crippen LogP contribution in [0.15, 0.2) is 36.4 Å². The van der Waals surface area contributed by atoms with E-state index in [2.05, 4.69) is 5.32 Å². The Hall–Kier alpha value is -2.82. The molecule has 2 aliphatic heterocycles. The molecule has 2 aliphatic rings. The molecule has 4 rings (SSSR count). The SMILES string of the molecule is COc1ccccc1C(=O)Nc1cc2c3c(c1)C(C)C(=O)N3CCC2. The van der Waals surface area contributed by atoms with Gasteiger partial charge in [0.15, 0.2) is 0 Å². The zero-order valence-corrected chi connectivity index (χ0v) is 14.3. The van der Waals surface area contributed by atoms with Crippen molar-refractivity contribution in [2.75, 3.05) is 23.9 Å². The Labute approximate surface area is 146 Å². The van der Waals surface area contributed by atoms with E-state index in [-0.39, 0.29) is 17.7 Å².